The molecule has 1 fully saturated rings. The summed E-state index contributed by atoms with van der Waals surface area (Å²) in [5.41, 5.74) is 8.04. The van der Waals surface area contributed by atoms with E-state index >= 15 is 0 Å². The number of amides is 1. The number of benzene rings is 3. The summed E-state index contributed by atoms with van der Waals surface area (Å²) in [6.07, 6.45) is 2.77. The van der Waals surface area contributed by atoms with Gasteiger partial charge in [-0.15, -0.1) is 10.2 Å². The lowest BCUT2D eigenvalue weighted by Gasteiger charge is -2.22. The molecule has 44 heavy (non-hydrogen) atoms. The number of aryl methyl sites for hydroxylation is 5. The third-order valence-corrected chi connectivity index (χ3v) is 8.76. The third-order valence-electron chi connectivity index (χ3n) is 8.76. The SMILES string of the molecule is COc1cc(CN2CCCN(CC(=O)Nc3ccc4c(c3)CCc3nnc(C)n3-4)CC2)ccc1OCc1ccc(C)c(C)c1. The molecule has 9 heteroatoms. The second-order valence-electron chi connectivity index (χ2n) is 12.0. The van der Waals surface area contributed by atoms with Crippen LogP contribution in [0.5, 0.6) is 11.5 Å². The van der Waals surface area contributed by atoms with Crippen LogP contribution in [0.4, 0.5) is 5.69 Å². The Balaban J connectivity index is 0.998. The molecular weight excluding hydrogens is 552 g/mol. The van der Waals surface area contributed by atoms with Crippen molar-refractivity contribution in [1.29, 1.82) is 0 Å². The van der Waals surface area contributed by atoms with E-state index in [1.54, 1.807) is 7.11 Å². The van der Waals surface area contributed by atoms with E-state index in [4.69, 9.17) is 9.47 Å². The van der Waals surface area contributed by atoms with E-state index < -0.39 is 0 Å². The van der Waals surface area contributed by atoms with Gasteiger partial charge in [-0.1, -0.05) is 24.3 Å². The van der Waals surface area contributed by atoms with Crippen LogP contribution in [-0.2, 0) is 30.8 Å². The second kappa shape index (κ2) is 13.2. The van der Waals surface area contributed by atoms with Crippen LogP contribution in [0, 0.1) is 20.8 Å². The normalized spacial score (nSPS) is 15.3. The number of ether oxygens (including phenoxy) is 2. The lowest BCUT2D eigenvalue weighted by molar-refractivity contribution is -0.117. The van der Waals surface area contributed by atoms with Crippen LogP contribution in [0.25, 0.3) is 5.69 Å². The average molecular weight is 595 g/mol. The summed E-state index contributed by atoms with van der Waals surface area (Å²) in [4.78, 5) is 17.7. The molecule has 0 radical (unpaired) electrons. The van der Waals surface area contributed by atoms with Crippen LogP contribution in [0.1, 0.15) is 45.9 Å². The standard InChI is InChI=1S/C35H42N6O3/c1-24-6-7-28(18-25(24)2)23-44-32-12-8-27(19-33(32)43-4)21-39-14-5-15-40(17-16-39)22-35(42)36-30-10-11-31-29(20-30)9-13-34-38-37-26(3)41(31)34/h6-8,10-12,18-20H,5,9,13-17,21-23H2,1-4H3,(H,36,42). The number of fused-ring (bicyclic) bond motifs is 3. The van der Waals surface area contributed by atoms with Gasteiger partial charge in [-0.3, -0.25) is 19.2 Å². The van der Waals surface area contributed by atoms with E-state index in [2.05, 4.69) is 86.2 Å². The summed E-state index contributed by atoms with van der Waals surface area (Å²) >= 11 is 0. The van der Waals surface area contributed by atoms with Crippen molar-refractivity contribution < 1.29 is 14.3 Å². The first-order valence-corrected chi connectivity index (χ1v) is 15.5. The molecular formula is C35H42N6O3. The Labute approximate surface area is 259 Å². The van der Waals surface area contributed by atoms with Gasteiger partial charge in [0.1, 0.15) is 18.3 Å². The molecule has 2 aliphatic rings. The van der Waals surface area contributed by atoms with Crippen molar-refractivity contribution in [2.75, 3.05) is 45.2 Å². The fourth-order valence-electron chi connectivity index (χ4n) is 6.20. The lowest BCUT2D eigenvalue weighted by atomic mass is 10.0. The van der Waals surface area contributed by atoms with Crippen molar-refractivity contribution in [3.05, 3.63) is 94.1 Å². The van der Waals surface area contributed by atoms with Gasteiger partial charge in [0.2, 0.25) is 5.91 Å². The van der Waals surface area contributed by atoms with Crippen molar-refractivity contribution in [3.8, 4) is 17.2 Å². The van der Waals surface area contributed by atoms with Gasteiger partial charge in [0.05, 0.1) is 19.3 Å². The molecule has 1 aromatic heterocycles. The van der Waals surface area contributed by atoms with Crippen LogP contribution >= 0.6 is 0 Å². The van der Waals surface area contributed by atoms with Crippen LogP contribution < -0.4 is 14.8 Å². The Hall–Kier alpha value is -4.21. The zero-order valence-corrected chi connectivity index (χ0v) is 26.2. The topological polar surface area (TPSA) is 84.8 Å². The fourth-order valence-corrected chi connectivity index (χ4v) is 6.20. The number of hydrogen-bond donors (Lipinski definition) is 1. The quantitative estimate of drug-likeness (QED) is 0.291. The molecule has 230 valence electrons. The number of nitrogens with one attached hydrogen (secondary N) is 1. The number of hydrogen-bond acceptors (Lipinski definition) is 7. The minimum absolute atomic E-state index is 0.0245. The fraction of sp³-hybridized carbons (Fsp3) is 0.400. The molecule has 0 bridgehead atoms. The van der Waals surface area contributed by atoms with Crippen molar-refractivity contribution in [2.24, 2.45) is 0 Å². The molecule has 1 amide bonds. The highest BCUT2D eigenvalue weighted by molar-refractivity contribution is 5.92. The molecule has 3 aromatic carbocycles. The first-order chi connectivity index (χ1) is 21.4. The molecule has 0 atom stereocenters. The Morgan fingerprint density at radius 2 is 1.66 bits per heavy atom. The van der Waals surface area contributed by atoms with Crippen LogP contribution in [0.15, 0.2) is 54.6 Å². The van der Waals surface area contributed by atoms with Crippen molar-refractivity contribution in [2.45, 2.75) is 53.2 Å². The summed E-state index contributed by atoms with van der Waals surface area (Å²) in [5, 5.41) is 11.6. The van der Waals surface area contributed by atoms with Crippen LogP contribution in [0.2, 0.25) is 0 Å². The Morgan fingerprint density at radius 3 is 2.50 bits per heavy atom. The number of rotatable bonds is 9. The van der Waals surface area contributed by atoms with Gasteiger partial charge in [-0.05, 0) is 105 Å². The molecule has 2 aliphatic heterocycles. The molecule has 9 nitrogen and oxygen atoms in total. The highest BCUT2D eigenvalue weighted by Crippen LogP contribution is 2.30. The van der Waals surface area contributed by atoms with Crippen LogP contribution in [0.3, 0.4) is 0 Å². The lowest BCUT2D eigenvalue weighted by Crippen LogP contribution is -2.36. The Bertz CT molecular complexity index is 1650. The maximum Gasteiger partial charge on any atom is 0.238 e. The highest BCUT2D eigenvalue weighted by Gasteiger charge is 2.21. The van der Waals surface area contributed by atoms with E-state index in [-0.39, 0.29) is 5.91 Å². The van der Waals surface area contributed by atoms with Gasteiger partial charge in [-0.2, -0.15) is 0 Å². The van der Waals surface area contributed by atoms with Gasteiger partial charge < -0.3 is 14.8 Å². The molecule has 4 aromatic rings. The van der Waals surface area contributed by atoms with Gasteiger partial charge in [0.15, 0.2) is 11.5 Å². The van der Waals surface area contributed by atoms with Crippen molar-refractivity contribution in [3.63, 3.8) is 0 Å². The minimum atomic E-state index is 0.0245. The number of methoxy groups -OCH3 is 1. The van der Waals surface area contributed by atoms with Gasteiger partial charge in [0.25, 0.3) is 0 Å². The van der Waals surface area contributed by atoms with E-state index in [0.717, 1.165) is 92.1 Å². The summed E-state index contributed by atoms with van der Waals surface area (Å²) < 4.78 is 13.9. The van der Waals surface area contributed by atoms with Gasteiger partial charge in [0, 0.05) is 31.7 Å². The molecule has 3 heterocycles. The van der Waals surface area contributed by atoms with E-state index in [9.17, 15) is 4.79 Å². The number of carbonyl (C=O) groups is 1. The highest BCUT2D eigenvalue weighted by atomic mass is 16.5. The summed E-state index contributed by atoms with van der Waals surface area (Å²) in [6.45, 7) is 11.6. The number of carbonyl (C=O) groups excluding carboxylic acids is 1. The maximum absolute atomic E-state index is 13.0. The van der Waals surface area contributed by atoms with E-state index in [0.29, 0.717) is 13.2 Å². The average Bonchev–Trinajstić information content (AvgIpc) is 3.27. The predicted octanol–water partition coefficient (Wildman–Crippen LogP) is 5.03. The van der Waals surface area contributed by atoms with Crippen molar-refractivity contribution >= 4 is 11.6 Å². The number of aromatic nitrogens is 3. The largest absolute Gasteiger partial charge is 0.493 e. The summed E-state index contributed by atoms with van der Waals surface area (Å²) in [7, 11) is 1.69. The van der Waals surface area contributed by atoms with Gasteiger partial charge >= 0.3 is 0 Å². The minimum Gasteiger partial charge on any atom is -0.493 e. The summed E-state index contributed by atoms with van der Waals surface area (Å²) in [5.74, 6) is 3.41. The zero-order valence-electron chi connectivity index (χ0n) is 26.2. The Kier molecular flexibility index (Phi) is 8.95. The van der Waals surface area contributed by atoms with Crippen molar-refractivity contribution in [1.82, 2.24) is 24.6 Å². The predicted molar refractivity (Wildman–Crippen MR) is 172 cm³/mol. The molecule has 1 saturated heterocycles. The van der Waals surface area contributed by atoms with E-state index in [1.165, 1.54) is 22.3 Å². The molecule has 0 saturated carbocycles. The third kappa shape index (κ3) is 6.79. The molecule has 0 unspecified atom stereocenters. The monoisotopic (exact) mass is 594 g/mol. The van der Waals surface area contributed by atoms with Gasteiger partial charge in [-0.25, -0.2) is 0 Å². The van der Waals surface area contributed by atoms with Crippen LogP contribution in [-0.4, -0.2) is 70.3 Å². The molecule has 1 N–H and O–H groups in total. The second-order valence-corrected chi connectivity index (χ2v) is 12.0. The summed E-state index contributed by atoms with van der Waals surface area (Å²) in [6, 6.07) is 18.8. The smallest absolute Gasteiger partial charge is 0.238 e. The zero-order chi connectivity index (χ0) is 30.6. The molecule has 0 aliphatic carbocycles. The Morgan fingerprint density at radius 1 is 0.841 bits per heavy atom. The molecule has 6 rings (SSSR count). The number of anilines is 1. The number of nitrogens with zero attached hydrogens (tertiary/aromatic N) is 5. The first-order valence-electron chi connectivity index (χ1n) is 15.5. The molecule has 0 spiro atoms. The van der Waals surface area contributed by atoms with E-state index in [1.807, 2.05) is 19.1 Å². The first kappa shape index (κ1) is 29.8. The maximum atomic E-state index is 13.0.